The molecule has 0 unspecified atom stereocenters. The van der Waals surface area contributed by atoms with Gasteiger partial charge in [0, 0.05) is 27.9 Å². The summed E-state index contributed by atoms with van der Waals surface area (Å²) in [5, 5.41) is 0. The fraction of sp³-hybridized carbons (Fsp3) is 0.143. The molecule has 0 aliphatic heterocycles. The first-order valence-corrected chi connectivity index (χ1v) is 17.7. The van der Waals surface area contributed by atoms with E-state index in [1.54, 1.807) is 0 Å². The predicted molar refractivity (Wildman–Crippen MR) is 215 cm³/mol. The van der Waals surface area contributed by atoms with Crippen molar-refractivity contribution in [2.75, 3.05) is 4.90 Å². The second-order valence-electron chi connectivity index (χ2n) is 14.6. The average Bonchev–Trinajstić information content (AvgIpc) is 3.51. The number of hydrogen-bond donors (Lipinski definition) is 0. The molecule has 0 bridgehead atoms. The number of benzene rings is 6. The van der Waals surface area contributed by atoms with Crippen LogP contribution in [0.15, 0.2) is 170 Å². The van der Waals surface area contributed by atoms with Crippen LogP contribution in [-0.4, -0.2) is 0 Å². The molecule has 0 saturated carbocycles. The summed E-state index contributed by atoms with van der Waals surface area (Å²) in [6.07, 6.45) is 6.38. The lowest BCUT2D eigenvalue weighted by atomic mass is 9.81. The molecule has 0 atom stereocenters. The van der Waals surface area contributed by atoms with Crippen LogP contribution in [0.2, 0.25) is 0 Å². The molecule has 8 rings (SSSR count). The van der Waals surface area contributed by atoms with Gasteiger partial charge in [-0.25, -0.2) is 0 Å². The van der Waals surface area contributed by atoms with Crippen LogP contribution in [0.4, 0.5) is 17.1 Å². The molecular weight excluding hydrogens is 603 g/mol. The maximum atomic E-state index is 4.21. The van der Waals surface area contributed by atoms with E-state index in [2.05, 4.69) is 198 Å². The summed E-state index contributed by atoms with van der Waals surface area (Å²) in [4.78, 5) is 2.39. The highest BCUT2D eigenvalue weighted by molar-refractivity contribution is 5.90. The zero-order valence-electron chi connectivity index (χ0n) is 29.7. The molecule has 0 saturated heterocycles. The average molecular weight is 646 g/mol. The third kappa shape index (κ3) is 5.00. The molecule has 0 radical (unpaired) electrons. The van der Waals surface area contributed by atoms with Crippen molar-refractivity contribution in [1.82, 2.24) is 0 Å². The van der Waals surface area contributed by atoms with Crippen LogP contribution in [-0.2, 0) is 10.8 Å². The van der Waals surface area contributed by atoms with Gasteiger partial charge in [-0.3, -0.25) is 0 Å². The molecule has 1 nitrogen and oxygen atoms in total. The number of nitrogens with zero attached hydrogens (tertiary/aromatic N) is 1. The summed E-state index contributed by atoms with van der Waals surface area (Å²) < 4.78 is 0. The predicted octanol–water partition coefficient (Wildman–Crippen LogP) is 13.6. The van der Waals surface area contributed by atoms with Gasteiger partial charge < -0.3 is 4.90 Å². The molecule has 6 aromatic carbocycles. The third-order valence-electron chi connectivity index (χ3n) is 11.0. The van der Waals surface area contributed by atoms with Crippen LogP contribution in [0.5, 0.6) is 0 Å². The molecule has 0 N–H and O–H groups in total. The maximum absolute atomic E-state index is 4.21. The van der Waals surface area contributed by atoms with Gasteiger partial charge >= 0.3 is 0 Å². The first kappa shape index (κ1) is 31.6. The molecule has 50 heavy (non-hydrogen) atoms. The van der Waals surface area contributed by atoms with Gasteiger partial charge in [0.15, 0.2) is 0 Å². The molecule has 0 spiro atoms. The molecule has 6 aromatic rings. The van der Waals surface area contributed by atoms with E-state index in [0.29, 0.717) is 0 Å². The van der Waals surface area contributed by atoms with Crippen LogP contribution in [0.25, 0.3) is 39.0 Å². The highest BCUT2D eigenvalue weighted by atomic mass is 15.1. The van der Waals surface area contributed by atoms with Crippen LogP contribution < -0.4 is 4.90 Å². The van der Waals surface area contributed by atoms with Crippen molar-refractivity contribution in [2.24, 2.45) is 0 Å². The van der Waals surface area contributed by atoms with E-state index in [1.807, 2.05) is 6.08 Å². The summed E-state index contributed by atoms with van der Waals surface area (Å²) in [6, 6.07) is 51.4. The minimum Gasteiger partial charge on any atom is -0.310 e. The van der Waals surface area contributed by atoms with Crippen LogP contribution in [0.1, 0.15) is 56.9 Å². The molecular formula is C49H43N. The Bertz CT molecular complexity index is 2310. The highest BCUT2D eigenvalue weighted by Crippen LogP contribution is 2.51. The van der Waals surface area contributed by atoms with Crippen molar-refractivity contribution in [3.05, 3.63) is 192 Å². The van der Waals surface area contributed by atoms with Gasteiger partial charge in [-0.15, -0.1) is 0 Å². The molecule has 244 valence electrons. The van der Waals surface area contributed by atoms with Gasteiger partial charge in [0.1, 0.15) is 0 Å². The summed E-state index contributed by atoms with van der Waals surface area (Å²) in [6.45, 7) is 15.6. The Labute approximate surface area is 297 Å². The van der Waals surface area contributed by atoms with Crippen molar-refractivity contribution in [2.45, 2.75) is 45.4 Å². The Morgan fingerprint density at radius 3 is 1.66 bits per heavy atom. The molecule has 0 heterocycles. The molecule has 1 heteroatoms. The minimum absolute atomic E-state index is 0.0287. The number of fused-ring (bicyclic) bond motifs is 4. The van der Waals surface area contributed by atoms with Crippen molar-refractivity contribution in [1.29, 1.82) is 0 Å². The lowest BCUT2D eigenvalue weighted by Crippen LogP contribution is -2.17. The fourth-order valence-electron chi connectivity index (χ4n) is 8.33. The van der Waals surface area contributed by atoms with Gasteiger partial charge in [-0.1, -0.05) is 150 Å². The Balaban J connectivity index is 1.21. The Morgan fingerprint density at radius 1 is 0.480 bits per heavy atom. The number of hydrogen-bond acceptors (Lipinski definition) is 1. The van der Waals surface area contributed by atoms with Crippen LogP contribution >= 0.6 is 0 Å². The first-order chi connectivity index (χ1) is 24.2. The molecule has 0 fully saturated rings. The molecule has 2 aliphatic rings. The summed E-state index contributed by atoms with van der Waals surface area (Å²) in [7, 11) is 0. The Hall–Kier alpha value is -5.66. The van der Waals surface area contributed by atoms with E-state index in [9.17, 15) is 0 Å². The third-order valence-corrected chi connectivity index (χ3v) is 11.0. The number of rotatable bonds is 7. The first-order valence-electron chi connectivity index (χ1n) is 17.7. The van der Waals surface area contributed by atoms with Crippen molar-refractivity contribution in [3.63, 3.8) is 0 Å². The molecule has 2 aliphatic carbocycles. The Kier molecular flexibility index (Phi) is 7.61. The van der Waals surface area contributed by atoms with E-state index in [-0.39, 0.29) is 10.8 Å². The van der Waals surface area contributed by atoms with E-state index < -0.39 is 0 Å². The van der Waals surface area contributed by atoms with Gasteiger partial charge in [0.05, 0.1) is 0 Å². The smallest absolute Gasteiger partial charge is 0.0465 e. The topological polar surface area (TPSA) is 3.24 Å². The molecule has 0 aromatic heterocycles. The van der Waals surface area contributed by atoms with Crippen molar-refractivity contribution < 1.29 is 0 Å². The summed E-state index contributed by atoms with van der Waals surface area (Å²) in [5.74, 6) is 0. The highest BCUT2D eigenvalue weighted by Gasteiger charge is 2.37. The van der Waals surface area contributed by atoms with E-state index >= 15 is 0 Å². The van der Waals surface area contributed by atoms with Gasteiger partial charge in [0.2, 0.25) is 0 Å². The van der Waals surface area contributed by atoms with E-state index in [4.69, 9.17) is 0 Å². The zero-order chi connectivity index (χ0) is 34.6. The van der Waals surface area contributed by atoms with Gasteiger partial charge in [0.25, 0.3) is 0 Å². The Morgan fingerprint density at radius 2 is 1.00 bits per heavy atom. The van der Waals surface area contributed by atoms with Crippen LogP contribution in [0.3, 0.4) is 0 Å². The van der Waals surface area contributed by atoms with Crippen LogP contribution in [0, 0.1) is 0 Å². The lowest BCUT2D eigenvalue weighted by molar-refractivity contribution is 0.654. The standard InChI is InChI=1S/C49H43N/c1-7-14-40-43-30-28-39(32-47(43)48(3,4)44(40)8-2)50(37-24-19-34(20-25-37)33-15-10-9-11-16-33)38-26-21-35(22-27-38)36-23-29-42-41-17-12-13-18-45(41)49(5,6)46(42)31-36/h7-32H,2H2,1,3-6H3/b14-7-. The quantitative estimate of drug-likeness (QED) is 0.167. The summed E-state index contributed by atoms with van der Waals surface area (Å²) in [5.41, 5.74) is 18.7. The van der Waals surface area contributed by atoms with E-state index in [1.165, 1.54) is 66.8 Å². The SMILES string of the molecule is C=CC1=C(/C=C\C)c2ccc(N(c3ccc(-c4ccccc4)cc3)c3ccc(-c4ccc5c(c4)C(C)(C)c4ccccc4-5)cc3)cc2C1(C)C. The van der Waals surface area contributed by atoms with E-state index in [0.717, 1.165) is 17.1 Å². The largest absolute Gasteiger partial charge is 0.310 e. The molecule has 0 amide bonds. The van der Waals surface area contributed by atoms with Gasteiger partial charge in [-0.2, -0.15) is 0 Å². The number of allylic oxidation sites excluding steroid dienone is 5. The minimum atomic E-state index is -0.157. The van der Waals surface area contributed by atoms with Crippen molar-refractivity contribution in [3.8, 4) is 33.4 Å². The van der Waals surface area contributed by atoms with Crippen molar-refractivity contribution >= 4 is 22.6 Å². The second kappa shape index (κ2) is 12.0. The maximum Gasteiger partial charge on any atom is 0.0465 e. The normalized spacial score (nSPS) is 15.1. The zero-order valence-corrected chi connectivity index (χ0v) is 29.7. The fourth-order valence-corrected chi connectivity index (χ4v) is 8.33. The second-order valence-corrected chi connectivity index (χ2v) is 14.6. The summed E-state index contributed by atoms with van der Waals surface area (Å²) >= 11 is 0. The lowest BCUT2D eigenvalue weighted by Gasteiger charge is -2.29. The monoisotopic (exact) mass is 645 g/mol. The van der Waals surface area contributed by atoms with Gasteiger partial charge in [-0.05, 0) is 116 Å². The number of anilines is 3.